The van der Waals surface area contributed by atoms with E-state index < -0.39 is 0 Å². The molecule has 1 aliphatic carbocycles. The summed E-state index contributed by atoms with van der Waals surface area (Å²) in [6, 6.07) is 12.6. The highest BCUT2D eigenvalue weighted by Crippen LogP contribution is 2.30. The second kappa shape index (κ2) is 9.18. The number of halogens is 1. The third-order valence-corrected chi connectivity index (χ3v) is 6.67. The number of aliphatic hydroxyl groups excluding tert-OH is 1. The van der Waals surface area contributed by atoms with Gasteiger partial charge >= 0.3 is 0 Å². The molecule has 1 fully saturated rings. The second-order valence-corrected chi connectivity index (χ2v) is 9.11. The number of nitrogens with zero attached hydrogens (tertiary/aromatic N) is 3. The molecule has 32 heavy (non-hydrogen) atoms. The molecule has 0 aliphatic heterocycles. The van der Waals surface area contributed by atoms with Crippen molar-refractivity contribution in [2.45, 2.75) is 44.4 Å². The molecule has 8 heteroatoms. The van der Waals surface area contributed by atoms with Crippen LogP contribution in [-0.2, 0) is 6.54 Å². The molecule has 1 saturated carbocycles. The number of fused-ring (bicyclic) bond motifs is 1. The van der Waals surface area contributed by atoms with Gasteiger partial charge < -0.3 is 15.7 Å². The zero-order valence-corrected chi connectivity index (χ0v) is 18.3. The number of hydrogen-bond donors (Lipinski definition) is 3. The molecule has 0 amide bonds. The van der Waals surface area contributed by atoms with Crippen LogP contribution < -0.4 is 10.6 Å². The first-order chi connectivity index (χ1) is 15.6. The van der Waals surface area contributed by atoms with Crippen molar-refractivity contribution < 1.29 is 9.50 Å². The van der Waals surface area contributed by atoms with E-state index in [0.717, 1.165) is 46.6 Å². The summed E-state index contributed by atoms with van der Waals surface area (Å²) in [5.41, 5.74) is 3.35. The lowest BCUT2D eigenvalue weighted by molar-refractivity contribution is 0.116. The van der Waals surface area contributed by atoms with Gasteiger partial charge in [0.15, 0.2) is 5.13 Å². The number of thiazole rings is 1. The van der Waals surface area contributed by atoms with E-state index >= 15 is 0 Å². The molecule has 0 saturated heterocycles. The Morgan fingerprint density at radius 1 is 1.06 bits per heavy atom. The van der Waals surface area contributed by atoms with Gasteiger partial charge in [0.1, 0.15) is 11.6 Å². The van der Waals surface area contributed by atoms with Gasteiger partial charge in [-0.25, -0.2) is 14.4 Å². The number of hydrogen-bond acceptors (Lipinski definition) is 7. The minimum absolute atomic E-state index is 0.0781. The van der Waals surface area contributed by atoms with Gasteiger partial charge in [-0.3, -0.25) is 4.98 Å². The van der Waals surface area contributed by atoms with Crippen LogP contribution in [0.15, 0.2) is 54.9 Å². The standard InChI is InChI=1S/C24H24FN5OS/c25-17-5-3-4-16(11-17)20-13-26-14-23(28-20)27-12-15-8-9-19-22(10-15)32-24(30-19)29-18-6-1-2-7-21(18)31/h3-5,8-11,13-14,18,21,31H,1-2,6-7,12H2,(H,27,28)(H,29,30)/t18?,21-/m1/s1. The Balaban J connectivity index is 1.27. The second-order valence-electron chi connectivity index (χ2n) is 8.08. The van der Waals surface area contributed by atoms with Crippen molar-refractivity contribution in [3.63, 3.8) is 0 Å². The van der Waals surface area contributed by atoms with Gasteiger partial charge in [-0.15, -0.1) is 0 Å². The maximum absolute atomic E-state index is 13.5. The monoisotopic (exact) mass is 449 g/mol. The molecule has 0 bridgehead atoms. The molecule has 1 aliphatic rings. The number of aromatic nitrogens is 3. The quantitative estimate of drug-likeness (QED) is 0.374. The van der Waals surface area contributed by atoms with Crippen LogP contribution in [0.2, 0.25) is 0 Å². The highest BCUT2D eigenvalue weighted by atomic mass is 32.1. The Morgan fingerprint density at radius 2 is 1.97 bits per heavy atom. The van der Waals surface area contributed by atoms with E-state index in [1.165, 1.54) is 12.1 Å². The molecule has 1 unspecified atom stereocenters. The molecule has 5 rings (SSSR count). The summed E-state index contributed by atoms with van der Waals surface area (Å²) in [4.78, 5) is 13.5. The molecule has 2 aromatic carbocycles. The van der Waals surface area contributed by atoms with Crippen LogP contribution in [0, 0.1) is 5.82 Å². The van der Waals surface area contributed by atoms with E-state index in [9.17, 15) is 9.50 Å². The summed E-state index contributed by atoms with van der Waals surface area (Å²) < 4.78 is 14.6. The molecule has 4 aromatic rings. The Morgan fingerprint density at radius 3 is 2.84 bits per heavy atom. The van der Waals surface area contributed by atoms with E-state index in [4.69, 9.17) is 0 Å². The predicted octanol–water partition coefficient (Wildman–Crippen LogP) is 5.22. The van der Waals surface area contributed by atoms with Crippen molar-refractivity contribution in [3.05, 3.63) is 66.2 Å². The summed E-state index contributed by atoms with van der Waals surface area (Å²) >= 11 is 1.61. The Labute approximate surface area is 189 Å². The number of aliphatic hydroxyl groups is 1. The summed E-state index contributed by atoms with van der Waals surface area (Å²) in [5, 5.41) is 17.8. The highest BCUT2D eigenvalue weighted by Gasteiger charge is 2.23. The first-order valence-electron chi connectivity index (χ1n) is 10.8. The smallest absolute Gasteiger partial charge is 0.184 e. The van der Waals surface area contributed by atoms with Gasteiger partial charge in [0, 0.05) is 12.1 Å². The number of benzene rings is 2. The molecule has 6 nitrogen and oxygen atoms in total. The molecule has 0 radical (unpaired) electrons. The zero-order chi connectivity index (χ0) is 21.9. The van der Waals surface area contributed by atoms with Gasteiger partial charge in [-0.2, -0.15) is 0 Å². The molecule has 2 atom stereocenters. The topological polar surface area (TPSA) is 83.0 Å². The van der Waals surface area contributed by atoms with E-state index in [0.29, 0.717) is 23.6 Å². The number of rotatable bonds is 6. The fourth-order valence-electron chi connectivity index (χ4n) is 4.01. The Kier molecular flexibility index (Phi) is 5.96. The van der Waals surface area contributed by atoms with Crippen LogP contribution in [0.4, 0.5) is 15.3 Å². The molecule has 3 N–H and O–H groups in total. The molecule has 164 valence electrons. The summed E-state index contributed by atoms with van der Waals surface area (Å²) in [6.45, 7) is 0.583. The summed E-state index contributed by atoms with van der Waals surface area (Å²) in [5.74, 6) is 0.331. The van der Waals surface area contributed by atoms with Crippen LogP contribution in [0.3, 0.4) is 0 Å². The molecule has 2 heterocycles. The first-order valence-corrected chi connectivity index (χ1v) is 11.6. The average Bonchev–Trinajstić information content (AvgIpc) is 3.21. The average molecular weight is 450 g/mol. The fraction of sp³-hybridized carbons (Fsp3) is 0.292. The predicted molar refractivity (Wildman–Crippen MR) is 126 cm³/mol. The maximum atomic E-state index is 13.5. The normalized spacial score (nSPS) is 18.6. The minimum Gasteiger partial charge on any atom is -0.391 e. The van der Waals surface area contributed by atoms with Gasteiger partial charge in [0.25, 0.3) is 0 Å². The van der Waals surface area contributed by atoms with Crippen molar-refractivity contribution in [2.24, 2.45) is 0 Å². The highest BCUT2D eigenvalue weighted by molar-refractivity contribution is 7.22. The van der Waals surface area contributed by atoms with Crippen molar-refractivity contribution in [1.29, 1.82) is 0 Å². The van der Waals surface area contributed by atoms with E-state index in [1.807, 2.05) is 18.2 Å². The molecular weight excluding hydrogens is 425 g/mol. The van der Waals surface area contributed by atoms with Crippen LogP contribution >= 0.6 is 11.3 Å². The van der Waals surface area contributed by atoms with Crippen LogP contribution in [0.1, 0.15) is 31.2 Å². The SMILES string of the molecule is O[C@@H]1CCCCC1Nc1nc2ccc(CNc3cncc(-c4cccc(F)c4)n3)cc2s1. The third-order valence-electron chi connectivity index (χ3n) is 5.72. The van der Waals surface area contributed by atoms with Crippen molar-refractivity contribution >= 4 is 32.5 Å². The maximum Gasteiger partial charge on any atom is 0.184 e. The van der Waals surface area contributed by atoms with E-state index in [1.54, 1.807) is 29.8 Å². The molecule has 0 spiro atoms. The van der Waals surface area contributed by atoms with Crippen molar-refractivity contribution in [2.75, 3.05) is 10.6 Å². The number of anilines is 2. The number of nitrogens with one attached hydrogen (secondary N) is 2. The summed E-state index contributed by atoms with van der Waals surface area (Å²) in [7, 11) is 0. The van der Waals surface area contributed by atoms with E-state index in [-0.39, 0.29) is 18.0 Å². The van der Waals surface area contributed by atoms with Crippen molar-refractivity contribution in [1.82, 2.24) is 15.0 Å². The van der Waals surface area contributed by atoms with E-state index in [2.05, 4.69) is 31.7 Å². The van der Waals surface area contributed by atoms with Gasteiger partial charge in [0.2, 0.25) is 0 Å². The lowest BCUT2D eigenvalue weighted by atomic mass is 9.93. The van der Waals surface area contributed by atoms with Crippen LogP contribution in [0.5, 0.6) is 0 Å². The van der Waals surface area contributed by atoms with Crippen LogP contribution in [-0.4, -0.2) is 32.2 Å². The fourth-order valence-corrected chi connectivity index (χ4v) is 5.00. The molecular formula is C24H24FN5OS. The van der Waals surface area contributed by atoms with Gasteiger partial charge in [0.05, 0.1) is 40.5 Å². The van der Waals surface area contributed by atoms with Gasteiger partial charge in [-0.05, 0) is 42.7 Å². The van der Waals surface area contributed by atoms with Crippen molar-refractivity contribution in [3.8, 4) is 11.3 Å². The van der Waals surface area contributed by atoms with Crippen LogP contribution in [0.25, 0.3) is 21.5 Å². The lowest BCUT2D eigenvalue weighted by Gasteiger charge is -2.27. The third kappa shape index (κ3) is 4.71. The first kappa shape index (κ1) is 20.8. The van der Waals surface area contributed by atoms with Gasteiger partial charge in [-0.1, -0.05) is 42.4 Å². The zero-order valence-electron chi connectivity index (χ0n) is 17.5. The lowest BCUT2D eigenvalue weighted by Crippen LogP contribution is -2.36. The molecule has 2 aromatic heterocycles. The largest absolute Gasteiger partial charge is 0.391 e. The Hall–Kier alpha value is -3.10. The Bertz CT molecular complexity index is 1230. The summed E-state index contributed by atoms with van der Waals surface area (Å²) in [6.07, 6.45) is 7.03. The minimum atomic E-state index is -0.306.